The maximum atomic E-state index is 13.1. The van der Waals surface area contributed by atoms with Gasteiger partial charge in [0.2, 0.25) is 0 Å². The van der Waals surface area contributed by atoms with Gasteiger partial charge in [0.25, 0.3) is 0 Å². The molecule has 28 heavy (non-hydrogen) atoms. The minimum absolute atomic E-state index is 0.165. The van der Waals surface area contributed by atoms with Crippen molar-refractivity contribution >= 4 is 11.7 Å². The number of carbonyl (C=O) groups excluding carboxylic acids is 1. The summed E-state index contributed by atoms with van der Waals surface area (Å²) in [5.41, 5.74) is 1.02. The Morgan fingerprint density at radius 1 is 1.07 bits per heavy atom. The molecule has 1 heterocycles. The Balaban J connectivity index is 1.41. The Bertz CT molecular complexity index is 811. The monoisotopic (exact) mass is 391 g/mol. The van der Waals surface area contributed by atoms with E-state index in [2.05, 4.69) is 10.2 Å². The largest absolute Gasteiger partial charge is 0.495 e. The number of rotatable bonds is 6. The molecule has 0 unspecified atom stereocenters. The number of urea groups is 1. The molecule has 0 aliphatic carbocycles. The lowest BCUT2D eigenvalue weighted by Gasteiger charge is -2.36. The molecular weight excluding hydrogens is 368 g/mol. The van der Waals surface area contributed by atoms with Crippen LogP contribution < -0.4 is 19.7 Å². The first-order valence-corrected chi connectivity index (χ1v) is 9.07. The molecule has 2 aromatic rings. The van der Waals surface area contributed by atoms with Crippen LogP contribution in [0.25, 0.3) is 0 Å². The molecule has 1 fully saturated rings. The van der Waals surface area contributed by atoms with E-state index in [1.54, 1.807) is 12.0 Å². The van der Waals surface area contributed by atoms with Crippen LogP contribution in [0.5, 0.6) is 11.5 Å². The zero-order valence-corrected chi connectivity index (χ0v) is 15.7. The van der Waals surface area contributed by atoms with E-state index in [-0.39, 0.29) is 24.9 Å². The highest BCUT2D eigenvalue weighted by atomic mass is 19.2. The van der Waals surface area contributed by atoms with Crippen LogP contribution in [0, 0.1) is 11.6 Å². The number of amides is 2. The van der Waals surface area contributed by atoms with Gasteiger partial charge in [-0.1, -0.05) is 12.1 Å². The van der Waals surface area contributed by atoms with Crippen molar-refractivity contribution in [2.75, 3.05) is 51.3 Å². The summed E-state index contributed by atoms with van der Waals surface area (Å²) in [6, 6.07) is 11.0. The van der Waals surface area contributed by atoms with Crippen LogP contribution in [0.4, 0.5) is 19.3 Å². The van der Waals surface area contributed by atoms with Crippen molar-refractivity contribution in [2.24, 2.45) is 0 Å². The second kappa shape index (κ2) is 9.25. The fourth-order valence-electron chi connectivity index (χ4n) is 3.05. The molecule has 2 amide bonds. The lowest BCUT2D eigenvalue weighted by atomic mass is 10.2. The maximum Gasteiger partial charge on any atom is 0.317 e. The van der Waals surface area contributed by atoms with E-state index in [4.69, 9.17) is 9.47 Å². The number of ether oxygens (including phenoxy) is 2. The number of hydrogen-bond acceptors (Lipinski definition) is 4. The quantitative estimate of drug-likeness (QED) is 0.770. The summed E-state index contributed by atoms with van der Waals surface area (Å²) in [5, 5.41) is 2.78. The van der Waals surface area contributed by atoms with Gasteiger partial charge >= 0.3 is 6.03 Å². The Hall–Kier alpha value is -3.03. The average Bonchev–Trinajstić information content (AvgIpc) is 2.73. The van der Waals surface area contributed by atoms with Gasteiger partial charge in [0, 0.05) is 32.2 Å². The highest BCUT2D eigenvalue weighted by Gasteiger charge is 2.22. The lowest BCUT2D eigenvalue weighted by Crippen LogP contribution is -2.52. The van der Waals surface area contributed by atoms with Crippen LogP contribution in [0.3, 0.4) is 0 Å². The number of hydrogen-bond donors (Lipinski definition) is 1. The number of para-hydroxylation sites is 2. The predicted molar refractivity (Wildman–Crippen MR) is 102 cm³/mol. The third-order valence-electron chi connectivity index (χ3n) is 4.53. The van der Waals surface area contributed by atoms with Crippen molar-refractivity contribution < 1.29 is 23.0 Å². The van der Waals surface area contributed by atoms with Crippen LogP contribution in [-0.2, 0) is 0 Å². The van der Waals surface area contributed by atoms with Crippen molar-refractivity contribution in [1.29, 1.82) is 0 Å². The van der Waals surface area contributed by atoms with E-state index in [1.165, 1.54) is 6.07 Å². The molecule has 0 radical (unpaired) electrons. The standard InChI is InChI=1S/C20H23F2N3O3/c1-27-19-5-3-2-4-18(19)24-9-11-25(12-10-24)20(26)23-8-13-28-15-6-7-16(21)17(22)14-15/h2-7,14H,8-13H2,1H3,(H,23,26). The third kappa shape index (κ3) is 4.82. The van der Waals surface area contributed by atoms with Crippen LogP contribution in [0.15, 0.2) is 42.5 Å². The van der Waals surface area contributed by atoms with Crippen molar-refractivity contribution in [1.82, 2.24) is 10.2 Å². The van der Waals surface area contributed by atoms with E-state index in [1.807, 2.05) is 24.3 Å². The van der Waals surface area contributed by atoms with Gasteiger partial charge in [-0.2, -0.15) is 0 Å². The molecule has 1 aliphatic rings. The molecule has 1 aliphatic heterocycles. The Kier molecular flexibility index (Phi) is 6.52. The predicted octanol–water partition coefficient (Wildman–Crippen LogP) is 2.88. The van der Waals surface area contributed by atoms with Gasteiger partial charge in [-0.25, -0.2) is 13.6 Å². The van der Waals surface area contributed by atoms with E-state index in [0.717, 1.165) is 23.6 Å². The van der Waals surface area contributed by atoms with Gasteiger partial charge in [0.1, 0.15) is 18.1 Å². The number of nitrogens with one attached hydrogen (secondary N) is 1. The number of piperazine rings is 1. The first-order chi connectivity index (χ1) is 13.6. The van der Waals surface area contributed by atoms with Crippen molar-refractivity contribution in [2.45, 2.75) is 0 Å². The molecule has 0 saturated carbocycles. The van der Waals surface area contributed by atoms with Crippen LogP contribution in [0.2, 0.25) is 0 Å². The topological polar surface area (TPSA) is 54.0 Å². The lowest BCUT2D eigenvalue weighted by molar-refractivity contribution is 0.191. The minimum Gasteiger partial charge on any atom is -0.495 e. The summed E-state index contributed by atoms with van der Waals surface area (Å²) >= 11 is 0. The zero-order chi connectivity index (χ0) is 19.9. The molecule has 0 atom stereocenters. The molecule has 2 aromatic carbocycles. The molecular formula is C20H23F2N3O3. The van der Waals surface area contributed by atoms with Gasteiger partial charge < -0.3 is 24.6 Å². The van der Waals surface area contributed by atoms with E-state index < -0.39 is 11.6 Å². The van der Waals surface area contributed by atoms with Crippen molar-refractivity contribution in [3.63, 3.8) is 0 Å². The molecule has 6 nitrogen and oxygen atoms in total. The first kappa shape index (κ1) is 19.7. The average molecular weight is 391 g/mol. The van der Waals surface area contributed by atoms with Gasteiger partial charge in [0.05, 0.1) is 19.3 Å². The van der Waals surface area contributed by atoms with Crippen molar-refractivity contribution in [3.8, 4) is 11.5 Å². The Morgan fingerprint density at radius 3 is 2.54 bits per heavy atom. The molecule has 150 valence electrons. The second-order valence-corrected chi connectivity index (χ2v) is 6.30. The number of carbonyl (C=O) groups is 1. The maximum absolute atomic E-state index is 13.1. The van der Waals surface area contributed by atoms with Gasteiger partial charge in [-0.3, -0.25) is 0 Å². The van der Waals surface area contributed by atoms with Gasteiger partial charge in [0.15, 0.2) is 11.6 Å². The molecule has 3 rings (SSSR count). The number of anilines is 1. The minimum atomic E-state index is -0.963. The zero-order valence-electron chi connectivity index (χ0n) is 15.7. The molecule has 0 spiro atoms. The van der Waals surface area contributed by atoms with Gasteiger partial charge in [-0.05, 0) is 24.3 Å². The fraction of sp³-hybridized carbons (Fsp3) is 0.350. The molecule has 0 bridgehead atoms. The number of methoxy groups -OCH3 is 1. The smallest absolute Gasteiger partial charge is 0.317 e. The summed E-state index contributed by atoms with van der Waals surface area (Å²) in [4.78, 5) is 16.2. The third-order valence-corrected chi connectivity index (χ3v) is 4.53. The number of nitrogens with zero attached hydrogens (tertiary/aromatic N) is 2. The molecule has 1 N–H and O–H groups in total. The second-order valence-electron chi connectivity index (χ2n) is 6.30. The Morgan fingerprint density at radius 2 is 1.82 bits per heavy atom. The first-order valence-electron chi connectivity index (χ1n) is 9.07. The molecule has 0 aromatic heterocycles. The summed E-state index contributed by atoms with van der Waals surface area (Å²) in [7, 11) is 1.64. The van der Waals surface area contributed by atoms with E-state index in [9.17, 15) is 13.6 Å². The van der Waals surface area contributed by atoms with Gasteiger partial charge in [-0.15, -0.1) is 0 Å². The SMILES string of the molecule is COc1ccccc1N1CCN(C(=O)NCCOc2ccc(F)c(F)c2)CC1. The fourth-order valence-corrected chi connectivity index (χ4v) is 3.05. The summed E-state index contributed by atoms with van der Waals surface area (Å²) in [5.74, 6) is -0.851. The molecule has 1 saturated heterocycles. The van der Waals surface area contributed by atoms with E-state index >= 15 is 0 Å². The Labute approximate surface area is 162 Å². The van der Waals surface area contributed by atoms with E-state index in [0.29, 0.717) is 26.2 Å². The van der Waals surface area contributed by atoms with Crippen molar-refractivity contribution in [3.05, 3.63) is 54.1 Å². The highest BCUT2D eigenvalue weighted by Crippen LogP contribution is 2.28. The van der Waals surface area contributed by atoms with Crippen LogP contribution >= 0.6 is 0 Å². The summed E-state index contributed by atoms with van der Waals surface area (Å²) < 4.78 is 36.7. The van der Waals surface area contributed by atoms with Crippen LogP contribution in [-0.4, -0.2) is 57.4 Å². The highest BCUT2D eigenvalue weighted by molar-refractivity contribution is 5.74. The molecule has 8 heteroatoms. The number of halogens is 2. The summed E-state index contributed by atoms with van der Waals surface area (Å²) in [6.45, 7) is 3.03. The summed E-state index contributed by atoms with van der Waals surface area (Å²) in [6.07, 6.45) is 0. The normalized spacial score (nSPS) is 14.0. The van der Waals surface area contributed by atoms with Crippen LogP contribution in [0.1, 0.15) is 0 Å². The number of benzene rings is 2.